The molecule has 0 spiro atoms. The molecule has 1 rings (SSSR count). The van der Waals surface area contributed by atoms with Crippen LogP contribution in [0.2, 0.25) is 0 Å². The maximum atomic E-state index is 11.9. The van der Waals surface area contributed by atoms with Crippen molar-refractivity contribution in [2.75, 3.05) is 0 Å². The smallest absolute Gasteiger partial charge is 0.376 e. The van der Waals surface area contributed by atoms with Crippen molar-refractivity contribution in [1.82, 2.24) is 5.32 Å². The molecule has 0 aliphatic carbocycles. The van der Waals surface area contributed by atoms with E-state index in [1.165, 1.54) is 6.08 Å². The minimum atomic E-state index is -4.27. The van der Waals surface area contributed by atoms with E-state index in [-0.39, 0.29) is 5.37 Å². The zero-order chi connectivity index (χ0) is 8.48. The zero-order valence-electron chi connectivity index (χ0n) is 5.39. The fourth-order valence-corrected chi connectivity index (χ4v) is 0.811. The first-order valence-electron chi connectivity index (χ1n) is 2.90. The van der Waals surface area contributed by atoms with Gasteiger partial charge in [-0.05, 0) is 6.08 Å². The van der Waals surface area contributed by atoms with E-state index in [9.17, 15) is 13.2 Å². The Morgan fingerprint density at radius 3 is 2.45 bits per heavy atom. The first-order valence-corrected chi connectivity index (χ1v) is 3.41. The average molecular weight is 181 g/mol. The number of alkyl halides is 3. The van der Waals surface area contributed by atoms with Crippen molar-refractivity contribution < 1.29 is 13.2 Å². The number of thiol groups is 1. The highest BCUT2D eigenvalue weighted by Crippen LogP contribution is 2.27. The van der Waals surface area contributed by atoms with Gasteiger partial charge in [-0.1, -0.05) is 6.08 Å². The molecular weight excluding hydrogens is 175 g/mol. The van der Waals surface area contributed by atoms with Crippen LogP contribution in [0.3, 0.4) is 0 Å². The second kappa shape index (κ2) is 2.81. The highest BCUT2D eigenvalue weighted by Gasteiger charge is 2.32. The van der Waals surface area contributed by atoms with Crippen LogP contribution in [0.25, 0.3) is 0 Å². The summed E-state index contributed by atoms with van der Waals surface area (Å²) < 4.78 is 35.7. The molecule has 0 aromatic heterocycles. The molecule has 62 valence electrons. The molecule has 1 unspecified atom stereocenters. The third-order valence-corrected chi connectivity index (χ3v) is 1.52. The lowest BCUT2D eigenvalue weighted by Gasteiger charge is -2.15. The minimum absolute atomic E-state index is 0.318. The number of nitrogens with one attached hydrogen (secondary N) is 1. The molecule has 0 amide bonds. The summed E-state index contributed by atoms with van der Waals surface area (Å²) in [7, 11) is 0. The first kappa shape index (κ1) is 8.52. The van der Waals surface area contributed by atoms with Gasteiger partial charge in [0.2, 0.25) is 0 Å². The van der Waals surface area contributed by atoms with Crippen molar-refractivity contribution in [1.29, 1.82) is 0 Å². The third-order valence-electron chi connectivity index (χ3n) is 1.19. The number of halogens is 3. The van der Waals surface area contributed by atoms with Gasteiger partial charge in [0, 0.05) is 6.20 Å². The molecule has 1 atom stereocenters. The fraction of sp³-hybridized carbons (Fsp3) is 0.333. The van der Waals surface area contributed by atoms with Crippen LogP contribution in [0.1, 0.15) is 0 Å². The molecule has 1 aliphatic rings. The third kappa shape index (κ3) is 2.18. The Balaban J connectivity index is 2.71. The molecule has 0 aromatic rings. The number of allylic oxidation sites excluding steroid dienone is 2. The molecule has 0 radical (unpaired) electrons. The van der Waals surface area contributed by atoms with Gasteiger partial charge in [-0.3, -0.25) is 0 Å². The summed E-state index contributed by atoms with van der Waals surface area (Å²) in [5, 5.41) is 2.12. The standard InChI is InChI=1S/C6H6F3NS/c7-6(8,9)4-1-2-5(11)10-3-4/h1-3,5,10-11H. The van der Waals surface area contributed by atoms with Crippen LogP contribution in [0.5, 0.6) is 0 Å². The highest BCUT2D eigenvalue weighted by molar-refractivity contribution is 7.81. The molecule has 1 nitrogen and oxygen atoms in total. The Morgan fingerprint density at radius 1 is 1.45 bits per heavy atom. The predicted octanol–water partition coefficient (Wildman–Crippen LogP) is 1.85. The van der Waals surface area contributed by atoms with Gasteiger partial charge in [-0.2, -0.15) is 25.8 Å². The Morgan fingerprint density at radius 2 is 2.09 bits per heavy atom. The molecule has 0 fully saturated rings. The molecule has 0 saturated carbocycles. The van der Waals surface area contributed by atoms with Crippen molar-refractivity contribution in [3.05, 3.63) is 23.9 Å². The van der Waals surface area contributed by atoms with Crippen molar-refractivity contribution >= 4 is 12.6 Å². The molecule has 1 N–H and O–H groups in total. The van der Waals surface area contributed by atoms with E-state index in [0.717, 1.165) is 12.3 Å². The van der Waals surface area contributed by atoms with E-state index >= 15 is 0 Å². The van der Waals surface area contributed by atoms with Crippen molar-refractivity contribution in [3.8, 4) is 0 Å². The van der Waals surface area contributed by atoms with Gasteiger partial charge in [0.05, 0.1) is 10.9 Å². The molecule has 0 aromatic carbocycles. The lowest BCUT2D eigenvalue weighted by Crippen LogP contribution is -2.23. The lowest BCUT2D eigenvalue weighted by molar-refractivity contribution is -0.0887. The van der Waals surface area contributed by atoms with Gasteiger partial charge >= 0.3 is 6.18 Å². The van der Waals surface area contributed by atoms with Crippen LogP contribution >= 0.6 is 12.6 Å². The largest absolute Gasteiger partial charge is 0.417 e. The van der Waals surface area contributed by atoms with Gasteiger partial charge in [0.1, 0.15) is 0 Å². The van der Waals surface area contributed by atoms with Gasteiger partial charge in [-0.15, -0.1) is 0 Å². The maximum Gasteiger partial charge on any atom is 0.417 e. The van der Waals surface area contributed by atoms with Gasteiger partial charge in [0.25, 0.3) is 0 Å². The summed E-state index contributed by atoms with van der Waals surface area (Å²) in [5.41, 5.74) is -0.678. The number of hydrogen-bond acceptors (Lipinski definition) is 2. The summed E-state index contributed by atoms with van der Waals surface area (Å²) in [6.07, 6.45) is -1.00. The molecule has 1 aliphatic heterocycles. The van der Waals surface area contributed by atoms with E-state index in [2.05, 4.69) is 17.9 Å². The second-order valence-corrected chi connectivity index (χ2v) is 2.62. The van der Waals surface area contributed by atoms with E-state index in [4.69, 9.17) is 0 Å². The summed E-state index contributed by atoms with van der Waals surface area (Å²) in [6.45, 7) is 0. The van der Waals surface area contributed by atoms with E-state index < -0.39 is 11.7 Å². The van der Waals surface area contributed by atoms with E-state index in [0.29, 0.717) is 0 Å². The van der Waals surface area contributed by atoms with Gasteiger partial charge in [-0.25, -0.2) is 0 Å². The van der Waals surface area contributed by atoms with Crippen LogP contribution in [0.15, 0.2) is 23.9 Å². The van der Waals surface area contributed by atoms with Crippen LogP contribution in [0, 0.1) is 0 Å². The lowest BCUT2D eigenvalue weighted by atomic mass is 10.2. The van der Waals surface area contributed by atoms with Crippen molar-refractivity contribution in [2.45, 2.75) is 11.6 Å². The van der Waals surface area contributed by atoms with Crippen LogP contribution in [0.4, 0.5) is 13.2 Å². The fourth-order valence-electron chi connectivity index (χ4n) is 0.650. The summed E-state index contributed by atoms with van der Waals surface area (Å²) in [5.74, 6) is 0. The topological polar surface area (TPSA) is 12.0 Å². The monoisotopic (exact) mass is 181 g/mol. The van der Waals surface area contributed by atoms with Crippen molar-refractivity contribution in [3.63, 3.8) is 0 Å². The molecule has 1 heterocycles. The Labute approximate surface area is 67.4 Å². The molecule has 11 heavy (non-hydrogen) atoms. The molecular formula is C6H6F3NS. The summed E-state index contributed by atoms with van der Waals surface area (Å²) in [6, 6.07) is 0. The second-order valence-electron chi connectivity index (χ2n) is 2.07. The first-order chi connectivity index (χ1) is 5.00. The normalized spacial score (nSPS) is 24.4. The van der Waals surface area contributed by atoms with E-state index in [1.807, 2.05) is 0 Å². The van der Waals surface area contributed by atoms with Crippen LogP contribution in [-0.2, 0) is 0 Å². The SMILES string of the molecule is FC(F)(F)C1=CNC(S)C=C1. The summed E-state index contributed by atoms with van der Waals surface area (Å²) >= 11 is 3.89. The average Bonchev–Trinajstić information content (AvgIpc) is 1.86. The van der Waals surface area contributed by atoms with Crippen molar-refractivity contribution in [2.24, 2.45) is 0 Å². The van der Waals surface area contributed by atoms with Gasteiger partial charge in [0.15, 0.2) is 0 Å². The predicted molar refractivity (Wildman–Crippen MR) is 39.2 cm³/mol. The highest BCUT2D eigenvalue weighted by atomic mass is 32.1. The number of dihydropyridines is 1. The minimum Gasteiger partial charge on any atom is -0.376 e. The van der Waals surface area contributed by atoms with E-state index in [1.54, 1.807) is 0 Å². The Bertz CT molecular complexity index is 206. The zero-order valence-corrected chi connectivity index (χ0v) is 6.28. The maximum absolute atomic E-state index is 11.9. The van der Waals surface area contributed by atoms with Crippen LogP contribution in [-0.4, -0.2) is 11.6 Å². The Hall–Kier alpha value is -0.580. The molecule has 5 heteroatoms. The number of hydrogen-bond donors (Lipinski definition) is 2. The summed E-state index contributed by atoms with van der Waals surface area (Å²) in [4.78, 5) is 0. The molecule has 0 bridgehead atoms. The number of rotatable bonds is 0. The van der Waals surface area contributed by atoms with Crippen LogP contribution < -0.4 is 5.32 Å². The van der Waals surface area contributed by atoms with Gasteiger partial charge < -0.3 is 5.32 Å². The quantitative estimate of drug-likeness (QED) is 0.543. The molecule has 0 saturated heterocycles. The Kier molecular flexibility index (Phi) is 2.17.